The average molecular weight is 181 g/mol. The molecule has 5 heteroatoms. The van der Waals surface area contributed by atoms with Gasteiger partial charge < -0.3 is 10.0 Å². The third kappa shape index (κ3) is 1.26. The highest BCUT2D eigenvalue weighted by Gasteiger charge is 2.22. The van der Waals surface area contributed by atoms with Crippen molar-refractivity contribution in [3.63, 3.8) is 0 Å². The Morgan fingerprint density at radius 3 is 3.15 bits per heavy atom. The number of aryl methyl sites for hydroxylation is 1. The van der Waals surface area contributed by atoms with Crippen LogP contribution in [0.25, 0.3) is 0 Å². The number of carbonyl (C=O) groups is 1. The normalized spacial score (nSPS) is 15.6. The van der Waals surface area contributed by atoms with Gasteiger partial charge in [-0.2, -0.15) is 5.10 Å². The minimum absolute atomic E-state index is 0.471. The second-order valence-corrected chi connectivity index (χ2v) is 3.19. The Kier molecular flexibility index (Phi) is 1.72. The lowest BCUT2D eigenvalue weighted by Crippen LogP contribution is -2.34. The van der Waals surface area contributed by atoms with Crippen molar-refractivity contribution in [1.29, 1.82) is 0 Å². The van der Waals surface area contributed by atoms with Crippen LogP contribution >= 0.6 is 0 Å². The van der Waals surface area contributed by atoms with Gasteiger partial charge in [0.2, 0.25) is 0 Å². The lowest BCUT2D eigenvalue weighted by atomic mass is 10.1. The van der Waals surface area contributed by atoms with Crippen LogP contribution in [-0.2, 0) is 20.0 Å². The number of fused-ring (bicyclic) bond motifs is 1. The predicted molar refractivity (Wildman–Crippen MR) is 45.3 cm³/mol. The topological polar surface area (TPSA) is 58.4 Å². The highest BCUT2D eigenvalue weighted by molar-refractivity contribution is 5.65. The largest absolute Gasteiger partial charge is 0.465 e. The molecular weight excluding hydrogens is 170 g/mol. The quantitative estimate of drug-likeness (QED) is 0.632. The predicted octanol–water partition coefficient (Wildman–Crippen LogP) is 0.456. The van der Waals surface area contributed by atoms with E-state index in [0.29, 0.717) is 13.1 Å². The Balaban J connectivity index is 2.25. The van der Waals surface area contributed by atoms with Gasteiger partial charge in [-0.1, -0.05) is 0 Å². The van der Waals surface area contributed by atoms with Crippen molar-refractivity contribution in [2.24, 2.45) is 7.05 Å². The maximum Gasteiger partial charge on any atom is 0.407 e. The summed E-state index contributed by atoms with van der Waals surface area (Å²) in [5, 5.41) is 12.9. The summed E-state index contributed by atoms with van der Waals surface area (Å²) in [7, 11) is 1.88. The third-order valence-corrected chi connectivity index (χ3v) is 2.40. The highest BCUT2D eigenvalue weighted by Crippen LogP contribution is 2.17. The number of aromatic nitrogens is 2. The summed E-state index contributed by atoms with van der Waals surface area (Å²) >= 11 is 0. The fourth-order valence-corrected chi connectivity index (χ4v) is 1.65. The van der Waals surface area contributed by atoms with Gasteiger partial charge >= 0.3 is 6.09 Å². The first-order valence-corrected chi connectivity index (χ1v) is 4.16. The molecule has 2 heterocycles. The SMILES string of the molecule is Cn1ncc2c1CCN(C(=O)O)C2. The van der Waals surface area contributed by atoms with E-state index in [0.717, 1.165) is 17.7 Å². The molecule has 1 aromatic heterocycles. The van der Waals surface area contributed by atoms with Gasteiger partial charge in [-0.05, 0) is 0 Å². The molecule has 0 saturated heterocycles. The number of carboxylic acid groups (broad SMARTS) is 1. The first-order valence-electron chi connectivity index (χ1n) is 4.16. The maximum atomic E-state index is 10.7. The molecule has 1 aliphatic heterocycles. The molecule has 2 rings (SSSR count). The molecular formula is C8H11N3O2. The molecule has 0 aliphatic carbocycles. The molecule has 0 atom stereocenters. The number of amides is 1. The van der Waals surface area contributed by atoms with Gasteiger partial charge in [0.25, 0.3) is 0 Å². The van der Waals surface area contributed by atoms with Crippen molar-refractivity contribution >= 4 is 6.09 Å². The van der Waals surface area contributed by atoms with Gasteiger partial charge in [-0.15, -0.1) is 0 Å². The van der Waals surface area contributed by atoms with Crippen LogP contribution in [0.5, 0.6) is 0 Å². The van der Waals surface area contributed by atoms with E-state index >= 15 is 0 Å². The standard InChI is InChI=1S/C8H11N3O2/c1-10-7-2-3-11(8(12)13)5-6(7)4-9-10/h4H,2-3,5H2,1H3,(H,12,13). The van der Waals surface area contributed by atoms with Gasteiger partial charge in [0, 0.05) is 31.3 Å². The van der Waals surface area contributed by atoms with Crippen LogP contribution in [0.3, 0.4) is 0 Å². The molecule has 1 aliphatic rings. The van der Waals surface area contributed by atoms with E-state index < -0.39 is 6.09 Å². The Morgan fingerprint density at radius 2 is 2.46 bits per heavy atom. The molecule has 1 aromatic rings. The monoisotopic (exact) mass is 181 g/mol. The fourth-order valence-electron chi connectivity index (χ4n) is 1.65. The molecule has 70 valence electrons. The molecule has 0 radical (unpaired) electrons. The minimum atomic E-state index is -0.852. The van der Waals surface area contributed by atoms with E-state index in [4.69, 9.17) is 5.11 Å². The first kappa shape index (κ1) is 8.10. The van der Waals surface area contributed by atoms with E-state index in [9.17, 15) is 4.79 Å². The van der Waals surface area contributed by atoms with Crippen molar-refractivity contribution in [2.45, 2.75) is 13.0 Å². The minimum Gasteiger partial charge on any atom is -0.465 e. The van der Waals surface area contributed by atoms with Crippen LogP contribution in [0.2, 0.25) is 0 Å². The number of nitrogens with zero attached hydrogens (tertiary/aromatic N) is 3. The molecule has 5 nitrogen and oxygen atoms in total. The summed E-state index contributed by atoms with van der Waals surface area (Å²) in [5.74, 6) is 0. The first-order chi connectivity index (χ1) is 6.18. The second kappa shape index (κ2) is 2.76. The average Bonchev–Trinajstić information content (AvgIpc) is 2.47. The molecule has 0 fully saturated rings. The highest BCUT2D eigenvalue weighted by atomic mass is 16.4. The zero-order valence-corrected chi connectivity index (χ0v) is 7.40. The zero-order chi connectivity index (χ0) is 9.42. The number of rotatable bonds is 0. The summed E-state index contributed by atoms with van der Waals surface area (Å²) in [5.41, 5.74) is 2.17. The van der Waals surface area contributed by atoms with Crippen LogP contribution in [0.4, 0.5) is 4.79 Å². The number of hydrogen-bond acceptors (Lipinski definition) is 2. The van der Waals surface area contributed by atoms with Crippen LogP contribution in [0, 0.1) is 0 Å². The van der Waals surface area contributed by atoms with Gasteiger partial charge in [-0.25, -0.2) is 4.79 Å². The van der Waals surface area contributed by atoms with E-state index in [1.165, 1.54) is 4.90 Å². The zero-order valence-electron chi connectivity index (χ0n) is 7.40. The molecule has 0 bridgehead atoms. The van der Waals surface area contributed by atoms with E-state index in [1.54, 1.807) is 6.20 Å². The third-order valence-electron chi connectivity index (χ3n) is 2.40. The fraction of sp³-hybridized carbons (Fsp3) is 0.500. The Morgan fingerprint density at radius 1 is 1.69 bits per heavy atom. The summed E-state index contributed by atoms with van der Waals surface area (Å²) in [6.45, 7) is 1.04. The van der Waals surface area contributed by atoms with E-state index in [2.05, 4.69) is 5.10 Å². The molecule has 0 unspecified atom stereocenters. The Labute approximate surface area is 75.6 Å². The van der Waals surface area contributed by atoms with Crippen molar-refractivity contribution in [1.82, 2.24) is 14.7 Å². The summed E-state index contributed by atoms with van der Waals surface area (Å²) < 4.78 is 1.81. The van der Waals surface area contributed by atoms with Crippen molar-refractivity contribution < 1.29 is 9.90 Å². The lowest BCUT2D eigenvalue weighted by Gasteiger charge is -2.24. The summed E-state index contributed by atoms with van der Waals surface area (Å²) in [6.07, 6.45) is 1.65. The van der Waals surface area contributed by atoms with Crippen molar-refractivity contribution in [3.05, 3.63) is 17.5 Å². The van der Waals surface area contributed by atoms with Crippen LogP contribution in [0.15, 0.2) is 6.20 Å². The Bertz CT molecular complexity index is 345. The summed E-state index contributed by atoms with van der Waals surface area (Å²) in [4.78, 5) is 12.1. The maximum absolute atomic E-state index is 10.7. The summed E-state index contributed by atoms with van der Waals surface area (Å²) in [6, 6.07) is 0. The second-order valence-electron chi connectivity index (χ2n) is 3.19. The van der Waals surface area contributed by atoms with Gasteiger partial charge in [0.05, 0.1) is 12.7 Å². The molecule has 0 aromatic carbocycles. The van der Waals surface area contributed by atoms with Gasteiger partial charge in [0.15, 0.2) is 0 Å². The molecule has 13 heavy (non-hydrogen) atoms. The lowest BCUT2D eigenvalue weighted by molar-refractivity contribution is 0.139. The number of hydrogen-bond donors (Lipinski definition) is 1. The van der Waals surface area contributed by atoms with Crippen LogP contribution in [-0.4, -0.2) is 32.4 Å². The molecule has 1 amide bonds. The van der Waals surface area contributed by atoms with Gasteiger partial charge in [0.1, 0.15) is 0 Å². The van der Waals surface area contributed by atoms with Crippen LogP contribution in [0.1, 0.15) is 11.3 Å². The smallest absolute Gasteiger partial charge is 0.407 e. The Hall–Kier alpha value is -1.52. The van der Waals surface area contributed by atoms with Gasteiger partial charge in [-0.3, -0.25) is 4.68 Å². The molecule has 0 saturated carbocycles. The van der Waals surface area contributed by atoms with Crippen molar-refractivity contribution in [2.75, 3.05) is 6.54 Å². The van der Waals surface area contributed by atoms with Crippen molar-refractivity contribution in [3.8, 4) is 0 Å². The van der Waals surface area contributed by atoms with E-state index in [-0.39, 0.29) is 0 Å². The van der Waals surface area contributed by atoms with Crippen LogP contribution < -0.4 is 0 Å². The molecule has 1 N–H and O–H groups in total. The van der Waals surface area contributed by atoms with E-state index in [1.807, 2.05) is 11.7 Å². The molecule has 0 spiro atoms.